The fourth-order valence-corrected chi connectivity index (χ4v) is 3.35. The zero-order valence-corrected chi connectivity index (χ0v) is 18.3. The molecule has 0 saturated carbocycles. The maximum Gasteiger partial charge on any atom is 0.307 e. The van der Waals surface area contributed by atoms with Gasteiger partial charge in [-0.2, -0.15) is 0 Å². The summed E-state index contributed by atoms with van der Waals surface area (Å²) in [4.78, 5) is 24.8. The van der Waals surface area contributed by atoms with Crippen LogP contribution in [0.4, 0.5) is 0 Å². The van der Waals surface area contributed by atoms with Crippen LogP contribution in [0, 0.1) is 3.57 Å². The van der Waals surface area contributed by atoms with E-state index in [9.17, 15) is 14.7 Å². The van der Waals surface area contributed by atoms with Gasteiger partial charge in [0.25, 0.3) is 0 Å². The maximum atomic E-state index is 13.3. The summed E-state index contributed by atoms with van der Waals surface area (Å²) < 4.78 is 26.6. The zero-order chi connectivity index (χ0) is 21.4. The minimum absolute atomic E-state index is 0.0436. The van der Waals surface area contributed by atoms with Gasteiger partial charge in [-0.15, -0.1) is 0 Å². The van der Waals surface area contributed by atoms with Crippen molar-refractivity contribution in [1.82, 2.24) is 0 Å². The number of carboxylic acids is 1. The number of ketones is 1. The van der Waals surface area contributed by atoms with E-state index in [0.717, 1.165) is 0 Å². The summed E-state index contributed by atoms with van der Waals surface area (Å²) in [6, 6.07) is 8.05. The summed E-state index contributed by atoms with van der Waals surface area (Å²) in [7, 11) is 4.44. The molecule has 0 aliphatic heterocycles. The lowest BCUT2D eigenvalue weighted by atomic mass is 9.95. The molecule has 0 radical (unpaired) electrons. The molecule has 2 aromatic rings. The lowest BCUT2D eigenvalue weighted by molar-refractivity contribution is -0.136. The van der Waals surface area contributed by atoms with E-state index in [-0.39, 0.29) is 37.1 Å². The van der Waals surface area contributed by atoms with Gasteiger partial charge in [-0.3, -0.25) is 9.59 Å². The van der Waals surface area contributed by atoms with E-state index in [1.165, 1.54) is 27.4 Å². The molecule has 0 bridgehead atoms. The summed E-state index contributed by atoms with van der Waals surface area (Å²) in [6.45, 7) is -0.169. The van der Waals surface area contributed by atoms with Crippen LogP contribution in [0.2, 0.25) is 0 Å². The highest BCUT2D eigenvalue weighted by atomic mass is 127. The molecule has 0 amide bonds. The zero-order valence-electron chi connectivity index (χ0n) is 16.2. The van der Waals surface area contributed by atoms with Gasteiger partial charge in [0.15, 0.2) is 19.4 Å². The minimum atomic E-state index is -1.09. The number of rotatable bonds is 11. The van der Waals surface area contributed by atoms with Crippen molar-refractivity contribution in [1.29, 1.82) is 0 Å². The number of carboxylic acid groups (broad SMARTS) is 1. The number of carbonyl (C=O) groups excluding carboxylic acids is 1. The molecule has 0 spiro atoms. The highest BCUT2D eigenvalue weighted by Gasteiger charge is 2.26. The highest BCUT2D eigenvalue weighted by molar-refractivity contribution is 14.1. The molecule has 0 atom stereocenters. The molecular formula is C20H21IO8. The molecule has 0 unspecified atom stereocenters. The third kappa shape index (κ3) is 5.81. The normalized spacial score (nSPS) is 10.5. The molecular weight excluding hydrogens is 495 g/mol. The Morgan fingerprint density at radius 1 is 0.966 bits per heavy atom. The smallest absolute Gasteiger partial charge is 0.307 e. The van der Waals surface area contributed by atoms with E-state index < -0.39 is 5.97 Å². The van der Waals surface area contributed by atoms with E-state index in [2.05, 4.69) is 0 Å². The third-order valence-corrected chi connectivity index (χ3v) is 5.05. The summed E-state index contributed by atoms with van der Waals surface area (Å²) in [5, 5.41) is 9.41. The molecule has 2 rings (SSSR count). The first-order valence-electron chi connectivity index (χ1n) is 8.42. The molecule has 1 N–H and O–H groups in total. The van der Waals surface area contributed by atoms with Crippen molar-refractivity contribution < 1.29 is 38.4 Å². The number of methoxy groups -OCH3 is 3. The molecule has 0 fully saturated rings. The molecule has 0 heterocycles. The number of aliphatic carboxylic acids is 1. The lowest BCUT2D eigenvalue weighted by Crippen LogP contribution is -2.16. The third-order valence-electron chi connectivity index (χ3n) is 3.86. The molecule has 0 aromatic heterocycles. The first-order valence-corrected chi connectivity index (χ1v) is 9.50. The molecule has 0 aliphatic carbocycles. The Labute approximate surface area is 181 Å². The van der Waals surface area contributed by atoms with Gasteiger partial charge in [-0.1, -0.05) is 0 Å². The van der Waals surface area contributed by atoms with Crippen molar-refractivity contribution in [2.24, 2.45) is 0 Å². The fraction of sp³-hybridized carbons (Fsp3) is 0.300. The Hall–Kier alpha value is -2.37. The van der Waals surface area contributed by atoms with Gasteiger partial charge in [0, 0.05) is 25.8 Å². The average molecular weight is 516 g/mol. The van der Waals surface area contributed by atoms with Gasteiger partial charge in [0.1, 0.15) is 17.2 Å². The first kappa shape index (κ1) is 22.9. The quantitative estimate of drug-likeness (QED) is 0.276. The van der Waals surface area contributed by atoms with Gasteiger partial charge >= 0.3 is 5.97 Å². The second-order valence-corrected chi connectivity index (χ2v) is 6.85. The van der Waals surface area contributed by atoms with Crippen molar-refractivity contribution in [3.8, 4) is 17.2 Å². The second kappa shape index (κ2) is 11.0. The van der Waals surface area contributed by atoms with Crippen LogP contribution in [0.15, 0.2) is 30.3 Å². The van der Waals surface area contributed by atoms with Crippen LogP contribution in [-0.4, -0.2) is 51.8 Å². The number of benzene rings is 2. The molecule has 29 heavy (non-hydrogen) atoms. The largest absolute Gasteiger partial charge is 0.497 e. The molecule has 0 aliphatic rings. The Kier molecular flexibility index (Phi) is 8.68. The summed E-state index contributed by atoms with van der Waals surface area (Å²) in [5.74, 6) is -0.364. The monoisotopic (exact) mass is 516 g/mol. The number of carbonyl (C=O) groups is 2. The summed E-state index contributed by atoms with van der Waals surface area (Å²) in [5.41, 5.74) is 0.795. The van der Waals surface area contributed by atoms with Crippen molar-refractivity contribution in [2.75, 3.05) is 34.9 Å². The van der Waals surface area contributed by atoms with E-state index in [0.29, 0.717) is 26.2 Å². The van der Waals surface area contributed by atoms with Gasteiger partial charge < -0.3 is 28.8 Å². The molecule has 8 nitrogen and oxygen atoms in total. The Bertz CT molecular complexity index is 864. The van der Waals surface area contributed by atoms with Crippen LogP contribution in [-0.2, 0) is 20.7 Å². The lowest BCUT2D eigenvalue weighted by Gasteiger charge is -2.19. The van der Waals surface area contributed by atoms with Gasteiger partial charge in [-0.05, 0) is 52.4 Å². The highest BCUT2D eigenvalue weighted by Crippen LogP contribution is 2.37. The van der Waals surface area contributed by atoms with Crippen LogP contribution < -0.4 is 14.2 Å². The molecule has 2 aromatic carbocycles. The van der Waals surface area contributed by atoms with E-state index in [1.807, 2.05) is 22.6 Å². The summed E-state index contributed by atoms with van der Waals surface area (Å²) in [6.07, 6.45) is -0.386. The second-order valence-electron chi connectivity index (χ2n) is 5.77. The van der Waals surface area contributed by atoms with Gasteiger partial charge in [0.2, 0.25) is 0 Å². The predicted molar refractivity (Wildman–Crippen MR) is 112 cm³/mol. The van der Waals surface area contributed by atoms with Crippen LogP contribution >= 0.6 is 22.6 Å². The van der Waals surface area contributed by atoms with Crippen LogP contribution in [0.25, 0.3) is 0 Å². The van der Waals surface area contributed by atoms with Crippen molar-refractivity contribution >= 4 is 34.3 Å². The van der Waals surface area contributed by atoms with E-state index in [4.69, 9.17) is 23.7 Å². The van der Waals surface area contributed by atoms with Crippen LogP contribution in [0.3, 0.4) is 0 Å². The number of halogens is 1. The Morgan fingerprint density at radius 2 is 1.55 bits per heavy atom. The van der Waals surface area contributed by atoms with Crippen molar-refractivity contribution in [3.63, 3.8) is 0 Å². The number of hydrogen-bond donors (Lipinski definition) is 1. The maximum absolute atomic E-state index is 13.3. The van der Waals surface area contributed by atoms with E-state index in [1.54, 1.807) is 24.3 Å². The Balaban J connectivity index is 2.64. The fourth-order valence-electron chi connectivity index (χ4n) is 2.58. The topological polar surface area (TPSA) is 101 Å². The SMILES string of the molecule is COCOc1cc(OCOC)c(C(=O)c2ccc(OC)cc2)c(CC(=O)O)c1I. The van der Waals surface area contributed by atoms with Crippen molar-refractivity contribution in [3.05, 3.63) is 50.6 Å². The summed E-state index contributed by atoms with van der Waals surface area (Å²) >= 11 is 1.96. The molecule has 9 heteroatoms. The van der Waals surface area contributed by atoms with Crippen molar-refractivity contribution in [2.45, 2.75) is 6.42 Å². The van der Waals surface area contributed by atoms with Gasteiger partial charge in [0.05, 0.1) is 22.7 Å². The van der Waals surface area contributed by atoms with E-state index >= 15 is 0 Å². The minimum Gasteiger partial charge on any atom is -0.497 e. The van der Waals surface area contributed by atoms with Crippen LogP contribution in [0.5, 0.6) is 17.2 Å². The number of ether oxygens (including phenoxy) is 5. The number of hydrogen-bond acceptors (Lipinski definition) is 7. The average Bonchev–Trinajstić information content (AvgIpc) is 2.72. The van der Waals surface area contributed by atoms with Crippen LogP contribution in [0.1, 0.15) is 21.5 Å². The first-order chi connectivity index (χ1) is 13.9. The Morgan fingerprint density at radius 3 is 2.07 bits per heavy atom. The molecule has 0 saturated heterocycles. The van der Waals surface area contributed by atoms with Gasteiger partial charge in [-0.25, -0.2) is 0 Å². The molecule has 156 valence electrons. The standard InChI is InChI=1S/C20H21IO8/c1-25-10-28-15-9-16(29-11-26-2)19(21)14(8-17(22)23)18(15)20(24)12-4-6-13(27-3)7-5-12/h4-7,9H,8,10-11H2,1-3H3,(H,22,23). The predicted octanol–water partition coefficient (Wildman–Crippen LogP) is 3.12.